The Hall–Kier alpha value is -0.860. The highest BCUT2D eigenvalue weighted by molar-refractivity contribution is 5.27. The van der Waals surface area contributed by atoms with Gasteiger partial charge in [0, 0.05) is 12.1 Å². The number of β-amino-alcohol motifs (C(OH)–C–C–N with tert-alkyl or cyclic N) is 1. The fourth-order valence-electron chi connectivity index (χ4n) is 1.52. The smallest absolute Gasteiger partial charge is 0.0992 e. The van der Waals surface area contributed by atoms with E-state index in [1.54, 1.807) is 0 Å². The lowest BCUT2D eigenvalue weighted by molar-refractivity contribution is 0.0501. The molecule has 0 amide bonds. The third-order valence-electron chi connectivity index (χ3n) is 2.60. The van der Waals surface area contributed by atoms with Crippen LogP contribution in [0.4, 0.5) is 0 Å². The van der Waals surface area contributed by atoms with Gasteiger partial charge in [-0.15, -0.1) is 0 Å². The van der Waals surface area contributed by atoms with Crippen LogP contribution < -0.4 is 5.32 Å². The molecule has 0 bridgehead atoms. The topological polar surface area (TPSA) is 32.3 Å². The summed E-state index contributed by atoms with van der Waals surface area (Å²) >= 11 is 0. The Morgan fingerprint density at radius 1 is 1.19 bits per heavy atom. The van der Waals surface area contributed by atoms with Crippen LogP contribution in [0.3, 0.4) is 0 Å². The zero-order valence-electron chi connectivity index (χ0n) is 11.0. The maximum Gasteiger partial charge on any atom is 0.0992 e. The second-order valence-corrected chi connectivity index (χ2v) is 5.75. The zero-order chi connectivity index (χ0) is 12.4. The minimum atomic E-state index is -0.820. The Morgan fingerprint density at radius 2 is 1.81 bits per heavy atom. The first-order valence-electron chi connectivity index (χ1n) is 5.75. The Balaban J connectivity index is 2.77. The van der Waals surface area contributed by atoms with Crippen molar-refractivity contribution in [2.24, 2.45) is 0 Å². The van der Waals surface area contributed by atoms with E-state index in [1.165, 1.54) is 5.56 Å². The maximum atomic E-state index is 10.4. The number of nitrogens with one attached hydrogen (secondary N) is 1. The van der Waals surface area contributed by atoms with Crippen molar-refractivity contribution in [3.8, 4) is 0 Å². The molecule has 0 saturated heterocycles. The average molecular weight is 221 g/mol. The normalized spacial score (nSPS) is 15.9. The molecule has 0 aliphatic carbocycles. The van der Waals surface area contributed by atoms with Gasteiger partial charge in [-0.3, -0.25) is 0 Å². The molecule has 0 heterocycles. The van der Waals surface area contributed by atoms with Crippen molar-refractivity contribution < 1.29 is 5.11 Å². The van der Waals surface area contributed by atoms with Crippen molar-refractivity contribution in [2.75, 3.05) is 6.54 Å². The molecule has 1 atom stereocenters. The van der Waals surface area contributed by atoms with Gasteiger partial charge >= 0.3 is 0 Å². The first-order chi connectivity index (χ1) is 7.21. The van der Waals surface area contributed by atoms with Crippen molar-refractivity contribution in [2.45, 2.75) is 45.8 Å². The fraction of sp³-hybridized carbons (Fsp3) is 0.571. The summed E-state index contributed by atoms with van der Waals surface area (Å²) in [6, 6.07) is 8.02. The van der Waals surface area contributed by atoms with Gasteiger partial charge in [-0.05, 0) is 40.2 Å². The van der Waals surface area contributed by atoms with Gasteiger partial charge in [0.15, 0.2) is 0 Å². The molecule has 1 rings (SSSR count). The second kappa shape index (κ2) is 4.56. The second-order valence-electron chi connectivity index (χ2n) is 5.75. The molecule has 2 heteroatoms. The van der Waals surface area contributed by atoms with Gasteiger partial charge in [0.1, 0.15) is 0 Å². The molecule has 1 aromatic carbocycles. The summed E-state index contributed by atoms with van der Waals surface area (Å²) in [5, 5.41) is 13.7. The molecule has 1 unspecified atom stereocenters. The lowest BCUT2D eigenvalue weighted by Crippen LogP contribution is -2.44. The van der Waals surface area contributed by atoms with E-state index in [1.807, 2.05) is 38.1 Å². The fourth-order valence-corrected chi connectivity index (χ4v) is 1.52. The van der Waals surface area contributed by atoms with Crippen molar-refractivity contribution in [1.29, 1.82) is 0 Å². The number of rotatable bonds is 3. The van der Waals surface area contributed by atoms with Crippen LogP contribution >= 0.6 is 0 Å². The molecule has 2 nitrogen and oxygen atoms in total. The first kappa shape index (κ1) is 13.2. The quantitative estimate of drug-likeness (QED) is 0.822. The van der Waals surface area contributed by atoms with E-state index in [-0.39, 0.29) is 5.54 Å². The van der Waals surface area contributed by atoms with Gasteiger partial charge in [0.05, 0.1) is 5.60 Å². The number of benzene rings is 1. The van der Waals surface area contributed by atoms with Crippen molar-refractivity contribution in [3.63, 3.8) is 0 Å². The molecule has 0 fully saturated rings. The molecule has 1 aromatic rings. The highest BCUT2D eigenvalue weighted by Gasteiger charge is 2.24. The molecule has 0 saturated carbocycles. The summed E-state index contributed by atoms with van der Waals surface area (Å²) in [7, 11) is 0. The molecule has 2 N–H and O–H groups in total. The Bertz CT molecular complexity index is 350. The minimum Gasteiger partial charge on any atom is -0.384 e. The molecular weight excluding hydrogens is 198 g/mol. The minimum absolute atomic E-state index is 0.0216. The van der Waals surface area contributed by atoms with Crippen LogP contribution in [0.15, 0.2) is 24.3 Å². The molecule has 90 valence electrons. The van der Waals surface area contributed by atoms with E-state index in [0.717, 1.165) is 5.56 Å². The van der Waals surface area contributed by atoms with Gasteiger partial charge in [-0.2, -0.15) is 0 Å². The van der Waals surface area contributed by atoms with E-state index >= 15 is 0 Å². The molecule has 0 radical (unpaired) electrons. The van der Waals surface area contributed by atoms with E-state index in [0.29, 0.717) is 6.54 Å². The molecule has 0 aliphatic heterocycles. The van der Waals surface area contributed by atoms with Crippen LogP contribution in [0.5, 0.6) is 0 Å². The third kappa shape index (κ3) is 3.95. The standard InChI is InChI=1S/C14H23NO/c1-11-7-6-8-12(9-11)14(5,16)10-15-13(2,3)4/h6-9,15-16H,10H2,1-5H3. The summed E-state index contributed by atoms with van der Waals surface area (Å²) < 4.78 is 0. The number of hydrogen-bond donors (Lipinski definition) is 2. The monoisotopic (exact) mass is 221 g/mol. The van der Waals surface area contributed by atoms with Gasteiger partial charge in [-0.25, -0.2) is 0 Å². The summed E-state index contributed by atoms with van der Waals surface area (Å²) in [6.45, 7) is 10.7. The largest absolute Gasteiger partial charge is 0.384 e. The van der Waals surface area contributed by atoms with E-state index in [4.69, 9.17) is 0 Å². The predicted octanol–water partition coefficient (Wildman–Crippen LogP) is 2.59. The average Bonchev–Trinajstić information content (AvgIpc) is 2.14. The molecule has 0 aromatic heterocycles. The lowest BCUT2D eigenvalue weighted by atomic mass is 9.93. The summed E-state index contributed by atoms with van der Waals surface area (Å²) in [5.74, 6) is 0. The van der Waals surface area contributed by atoms with Crippen LogP contribution in [-0.4, -0.2) is 17.2 Å². The Kier molecular flexibility index (Phi) is 3.76. The molecule has 16 heavy (non-hydrogen) atoms. The molecule has 0 aliphatic rings. The van der Waals surface area contributed by atoms with Crippen molar-refractivity contribution in [1.82, 2.24) is 5.32 Å². The Labute approximate surface area is 98.7 Å². The van der Waals surface area contributed by atoms with Gasteiger partial charge in [-0.1, -0.05) is 29.8 Å². The predicted molar refractivity (Wildman–Crippen MR) is 68.5 cm³/mol. The van der Waals surface area contributed by atoms with E-state index < -0.39 is 5.60 Å². The number of hydrogen-bond acceptors (Lipinski definition) is 2. The van der Waals surface area contributed by atoms with Gasteiger partial charge in [0.2, 0.25) is 0 Å². The van der Waals surface area contributed by atoms with Crippen molar-refractivity contribution >= 4 is 0 Å². The highest BCUT2D eigenvalue weighted by Crippen LogP contribution is 2.21. The van der Waals surface area contributed by atoms with Crippen LogP contribution in [0.25, 0.3) is 0 Å². The number of aliphatic hydroxyl groups is 1. The summed E-state index contributed by atoms with van der Waals surface area (Å²) in [6.07, 6.45) is 0. The number of aryl methyl sites for hydroxylation is 1. The van der Waals surface area contributed by atoms with Gasteiger partial charge < -0.3 is 10.4 Å². The van der Waals surface area contributed by atoms with E-state index in [9.17, 15) is 5.11 Å². The van der Waals surface area contributed by atoms with Crippen LogP contribution in [-0.2, 0) is 5.60 Å². The van der Waals surface area contributed by atoms with Gasteiger partial charge in [0.25, 0.3) is 0 Å². The summed E-state index contributed by atoms with van der Waals surface area (Å²) in [4.78, 5) is 0. The summed E-state index contributed by atoms with van der Waals surface area (Å²) in [5.41, 5.74) is 1.34. The highest BCUT2D eigenvalue weighted by atomic mass is 16.3. The SMILES string of the molecule is Cc1cccc(C(C)(O)CNC(C)(C)C)c1. The van der Waals surface area contributed by atoms with Crippen molar-refractivity contribution in [3.05, 3.63) is 35.4 Å². The first-order valence-corrected chi connectivity index (χ1v) is 5.75. The van der Waals surface area contributed by atoms with Crippen LogP contribution in [0.1, 0.15) is 38.8 Å². The lowest BCUT2D eigenvalue weighted by Gasteiger charge is -2.30. The third-order valence-corrected chi connectivity index (χ3v) is 2.60. The Morgan fingerprint density at radius 3 is 2.31 bits per heavy atom. The zero-order valence-corrected chi connectivity index (χ0v) is 11.0. The molecule has 0 spiro atoms. The van der Waals surface area contributed by atoms with E-state index in [2.05, 4.69) is 26.1 Å². The van der Waals surface area contributed by atoms with Crippen LogP contribution in [0, 0.1) is 6.92 Å². The molecular formula is C14H23NO. The maximum absolute atomic E-state index is 10.4. The van der Waals surface area contributed by atoms with Crippen LogP contribution in [0.2, 0.25) is 0 Å².